The van der Waals surface area contributed by atoms with Crippen molar-refractivity contribution >= 4 is 40.0 Å². The topological polar surface area (TPSA) is 110 Å². The summed E-state index contributed by atoms with van der Waals surface area (Å²) >= 11 is 3.46. The minimum atomic E-state index is -0.686. The second kappa shape index (κ2) is 8.15. The van der Waals surface area contributed by atoms with E-state index < -0.39 is 24.1 Å². The average molecular weight is 471 g/mol. The maximum Gasteiger partial charge on any atom is 0.325 e. The fourth-order valence-electron chi connectivity index (χ4n) is 3.38. The number of benzene rings is 2. The van der Waals surface area contributed by atoms with Crippen LogP contribution in [-0.4, -0.2) is 58.3 Å². The zero-order valence-corrected chi connectivity index (χ0v) is 17.6. The zero-order chi connectivity index (χ0) is 21.3. The first kappa shape index (κ1) is 19.9. The SMILES string of the molecule is CN1C(=O)NC(=O)C2C1N=C(N/N=C\c1ccccc1O)N2Cc1cccc(Br)c1. The van der Waals surface area contributed by atoms with Gasteiger partial charge in [-0.3, -0.25) is 10.1 Å². The number of amides is 3. The molecule has 2 aromatic carbocycles. The summed E-state index contributed by atoms with van der Waals surface area (Å²) in [6.45, 7) is 0.383. The number of likely N-dealkylation sites (N-methyl/N-ethyl adjacent to an activating group) is 1. The van der Waals surface area contributed by atoms with E-state index in [-0.39, 0.29) is 5.75 Å². The molecule has 2 aliphatic rings. The van der Waals surface area contributed by atoms with Crippen LogP contribution in [0.15, 0.2) is 63.1 Å². The molecule has 2 aliphatic heterocycles. The molecule has 3 N–H and O–H groups in total. The number of urea groups is 1. The molecule has 10 heteroatoms. The molecule has 2 heterocycles. The third-order valence-corrected chi connectivity index (χ3v) is 5.40. The summed E-state index contributed by atoms with van der Waals surface area (Å²) < 4.78 is 0.917. The van der Waals surface area contributed by atoms with E-state index in [1.54, 1.807) is 36.2 Å². The maximum absolute atomic E-state index is 12.6. The lowest BCUT2D eigenvalue weighted by Gasteiger charge is -2.36. The molecule has 2 unspecified atom stereocenters. The standard InChI is InChI=1S/C20H19BrN6O3/c1-26-17-16(18(29)24-20(26)30)27(11-12-5-4-7-14(21)9-12)19(23-17)25-22-10-13-6-2-3-8-15(13)28/h2-10,16-17,28H,11H2,1H3,(H,23,25)(H,24,29,30)/b22-10-. The Kier molecular flexibility index (Phi) is 5.40. The number of halogens is 1. The van der Waals surface area contributed by atoms with Gasteiger partial charge in [-0.05, 0) is 29.8 Å². The number of para-hydroxylation sites is 1. The number of aromatic hydroxyl groups is 1. The average Bonchev–Trinajstić information content (AvgIpc) is 3.07. The van der Waals surface area contributed by atoms with Crippen LogP contribution in [-0.2, 0) is 11.3 Å². The van der Waals surface area contributed by atoms with E-state index in [1.165, 1.54) is 11.1 Å². The minimum Gasteiger partial charge on any atom is -0.507 e. The number of hydrazone groups is 1. The van der Waals surface area contributed by atoms with E-state index in [4.69, 9.17) is 0 Å². The van der Waals surface area contributed by atoms with Crippen LogP contribution in [0.2, 0.25) is 0 Å². The van der Waals surface area contributed by atoms with E-state index in [1.807, 2.05) is 24.3 Å². The van der Waals surface area contributed by atoms with Crippen LogP contribution < -0.4 is 10.7 Å². The number of hydrogen-bond acceptors (Lipinski definition) is 7. The number of nitrogens with one attached hydrogen (secondary N) is 2. The van der Waals surface area contributed by atoms with Crippen molar-refractivity contribution in [1.82, 2.24) is 20.5 Å². The number of imide groups is 1. The van der Waals surface area contributed by atoms with Gasteiger partial charge in [0.15, 0.2) is 12.2 Å². The molecule has 0 aliphatic carbocycles. The van der Waals surface area contributed by atoms with Gasteiger partial charge in [-0.25, -0.2) is 15.2 Å². The number of phenolic OH excluding ortho intramolecular Hbond substituents is 1. The van der Waals surface area contributed by atoms with Crippen molar-refractivity contribution in [3.8, 4) is 5.75 Å². The van der Waals surface area contributed by atoms with Gasteiger partial charge >= 0.3 is 6.03 Å². The molecular formula is C20H19BrN6O3. The molecule has 2 aromatic rings. The Morgan fingerprint density at radius 3 is 2.83 bits per heavy atom. The van der Waals surface area contributed by atoms with E-state index >= 15 is 0 Å². The van der Waals surface area contributed by atoms with Crippen molar-refractivity contribution in [2.75, 3.05) is 7.05 Å². The first-order valence-corrected chi connectivity index (χ1v) is 9.97. The highest BCUT2D eigenvalue weighted by Gasteiger charge is 2.48. The van der Waals surface area contributed by atoms with Gasteiger partial charge in [0.1, 0.15) is 5.75 Å². The van der Waals surface area contributed by atoms with Gasteiger partial charge in [-0.2, -0.15) is 5.10 Å². The third-order valence-electron chi connectivity index (χ3n) is 4.91. The quantitative estimate of drug-likeness (QED) is 0.466. The summed E-state index contributed by atoms with van der Waals surface area (Å²) in [6.07, 6.45) is 0.799. The van der Waals surface area contributed by atoms with E-state index in [0.29, 0.717) is 18.1 Å². The number of rotatable bonds is 4. The molecule has 154 valence electrons. The zero-order valence-electron chi connectivity index (χ0n) is 16.0. The van der Waals surface area contributed by atoms with Gasteiger partial charge in [0.05, 0.1) is 6.21 Å². The van der Waals surface area contributed by atoms with Crippen LogP contribution in [0.5, 0.6) is 5.75 Å². The summed E-state index contributed by atoms with van der Waals surface area (Å²) in [4.78, 5) is 32.3. The van der Waals surface area contributed by atoms with E-state index in [9.17, 15) is 14.7 Å². The molecule has 30 heavy (non-hydrogen) atoms. The lowest BCUT2D eigenvalue weighted by Crippen LogP contribution is -2.63. The normalized spacial score (nSPS) is 20.9. The number of phenols is 1. The molecule has 0 bridgehead atoms. The Balaban J connectivity index is 1.61. The number of nitrogens with zero attached hydrogens (tertiary/aromatic N) is 4. The molecule has 4 rings (SSSR count). The van der Waals surface area contributed by atoms with Gasteiger partial charge < -0.3 is 14.9 Å². The van der Waals surface area contributed by atoms with Gasteiger partial charge in [-0.1, -0.05) is 40.2 Å². The van der Waals surface area contributed by atoms with E-state index in [0.717, 1.165) is 10.0 Å². The monoisotopic (exact) mass is 470 g/mol. The van der Waals surface area contributed by atoms with Crippen LogP contribution in [0.25, 0.3) is 0 Å². The summed E-state index contributed by atoms with van der Waals surface area (Å²) in [7, 11) is 1.59. The van der Waals surface area contributed by atoms with Crippen LogP contribution >= 0.6 is 15.9 Å². The van der Waals surface area contributed by atoms with E-state index in [2.05, 4.69) is 36.8 Å². The fourth-order valence-corrected chi connectivity index (χ4v) is 3.83. The van der Waals surface area contributed by atoms with Crippen LogP contribution in [0.1, 0.15) is 11.1 Å². The smallest absolute Gasteiger partial charge is 0.325 e. The Morgan fingerprint density at radius 1 is 1.27 bits per heavy atom. The molecule has 2 atom stereocenters. The molecular weight excluding hydrogens is 452 g/mol. The highest BCUT2D eigenvalue weighted by Crippen LogP contribution is 2.26. The second-order valence-electron chi connectivity index (χ2n) is 6.90. The molecule has 0 aromatic heterocycles. The highest BCUT2D eigenvalue weighted by atomic mass is 79.9. The number of fused-ring (bicyclic) bond motifs is 1. The summed E-state index contributed by atoms with van der Waals surface area (Å²) in [6, 6.07) is 13.3. The maximum atomic E-state index is 12.6. The van der Waals surface area contributed by atoms with Crippen molar-refractivity contribution in [1.29, 1.82) is 0 Å². The molecule has 1 fully saturated rings. The van der Waals surface area contributed by atoms with Gasteiger partial charge in [0, 0.05) is 23.6 Å². The van der Waals surface area contributed by atoms with Crippen molar-refractivity contribution in [2.45, 2.75) is 18.8 Å². The predicted molar refractivity (Wildman–Crippen MR) is 115 cm³/mol. The molecule has 0 saturated carbocycles. The van der Waals surface area contributed by atoms with Gasteiger partial charge in [-0.15, -0.1) is 0 Å². The number of carbonyl (C=O) groups is 2. The number of guanidine groups is 1. The molecule has 3 amide bonds. The van der Waals surface area contributed by atoms with Gasteiger partial charge in [0.2, 0.25) is 5.96 Å². The summed E-state index contributed by atoms with van der Waals surface area (Å²) in [5.41, 5.74) is 4.35. The third kappa shape index (κ3) is 3.86. The Labute approximate surface area is 181 Å². The lowest BCUT2D eigenvalue weighted by atomic mass is 10.1. The summed E-state index contributed by atoms with van der Waals surface area (Å²) in [5.74, 6) is 0.0393. The molecule has 0 radical (unpaired) electrons. The number of aliphatic imine (C=N–C) groups is 1. The second-order valence-corrected chi connectivity index (χ2v) is 7.82. The van der Waals surface area contributed by atoms with Crippen LogP contribution in [0.3, 0.4) is 0 Å². The highest BCUT2D eigenvalue weighted by molar-refractivity contribution is 9.10. The van der Waals surface area contributed by atoms with Crippen molar-refractivity contribution in [2.24, 2.45) is 10.1 Å². The molecule has 0 spiro atoms. The Morgan fingerprint density at radius 2 is 2.07 bits per heavy atom. The van der Waals surface area contributed by atoms with Gasteiger partial charge in [0.25, 0.3) is 5.91 Å². The number of hydrogen-bond donors (Lipinski definition) is 3. The number of carbonyl (C=O) groups excluding carboxylic acids is 2. The summed E-state index contributed by atoms with van der Waals surface area (Å²) in [5, 5.41) is 16.4. The first-order valence-electron chi connectivity index (χ1n) is 9.17. The predicted octanol–water partition coefficient (Wildman–Crippen LogP) is 1.83. The van der Waals surface area contributed by atoms with Crippen LogP contribution in [0, 0.1) is 0 Å². The fraction of sp³-hybridized carbons (Fsp3) is 0.200. The van der Waals surface area contributed by atoms with Crippen LogP contribution in [0.4, 0.5) is 4.79 Å². The largest absolute Gasteiger partial charge is 0.507 e. The Hall–Kier alpha value is -3.40. The molecule has 1 saturated heterocycles. The van der Waals surface area contributed by atoms with Crippen molar-refractivity contribution < 1.29 is 14.7 Å². The Bertz CT molecular complexity index is 1060. The minimum absolute atomic E-state index is 0.0979. The van der Waals surface area contributed by atoms with Crippen molar-refractivity contribution in [3.63, 3.8) is 0 Å². The van der Waals surface area contributed by atoms with Crippen molar-refractivity contribution in [3.05, 3.63) is 64.1 Å². The lowest BCUT2D eigenvalue weighted by molar-refractivity contribution is -0.127. The molecule has 9 nitrogen and oxygen atoms in total. The first-order chi connectivity index (χ1) is 14.4.